The quantitative estimate of drug-likeness (QED) is 0.388. The summed E-state index contributed by atoms with van der Waals surface area (Å²) >= 11 is 1.58. The van der Waals surface area contributed by atoms with E-state index in [4.69, 9.17) is 4.74 Å². The lowest BCUT2D eigenvalue weighted by atomic mass is 10.0. The lowest BCUT2D eigenvalue weighted by molar-refractivity contribution is -0.139. The van der Waals surface area contributed by atoms with Gasteiger partial charge in [0.2, 0.25) is 11.8 Å². The molecule has 0 heterocycles. The average molecular weight is 491 g/mol. The van der Waals surface area contributed by atoms with Crippen molar-refractivity contribution in [1.82, 2.24) is 10.2 Å². The highest BCUT2D eigenvalue weighted by Gasteiger charge is 2.30. The molecule has 35 heavy (non-hydrogen) atoms. The minimum absolute atomic E-state index is 0.0569. The second kappa shape index (κ2) is 13.6. The molecular formula is C29H34N2O3S. The molecule has 0 aliphatic heterocycles. The highest BCUT2D eigenvalue weighted by Crippen LogP contribution is 2.21. The number of benzene rings is 3. The molecule has 0 saturated heterocycles. The predicted molar refractivity (Wildman–Crippen MR) is 144 cm³/mol. The summed E-state index contributed by atoms with van der Waals surface area (Å²) in [6.45, 7) is 4.81. The van der Waals surface area contributed by atoms with Gasteiger partial charge < -0.3 is 15.0 Å². The number of thioether (sulfide) groups is 1. The molecule has 3 aromatic rings. The summed E-state index contributed by atoms with van der Waals surface area (Å²) in [4.78, 5) is 28.5. The molecule has 0 saturated carbocycles. The Morgan fingerprint density at radius 3 is 2.40 bits per heavy atom. The van der Waals surface area contributed by atoms with Crippen LogP contribution in [-0.4, -0.2) is 42.2 Å². The van der Waals surface area contributed by atoms with Crippen LogP contribution in [-0.2, 0) is 28.3 Å². The SMILES string of the molecule is CCNC(=O)C(Cc1ccccc1)N(Cc1cccc(OC)c1)C(=O)CSCc1ccccc1C. The van der Waals surface area contributed by atoms with Gasteiger partial charge in [-0.05, 0) is 48.2 Å². The summed E-state index contributed by atoms with van der Waals surface area (Å²) < 4.78 is 5.38. The van der Waals surface area contributed by atoms with Gasteiger partial charge in [-0.25, -0.2) is 0 Å². The number of methoxy groups -OCH3 is 1. The van der Waals surface area contributed by atoms with Gasteiger partial charge in [0.1, 0.15) is 11.8 Å². The second-order valence-corrected chi connectivity index (χ2v) is 9.38. The first kappa shape index (κ1) is 26.4. The molecule has 1 N–H and O–H groups in total. The Kier molecular flexibility index (Phi) is 10.2. The minimum atomic E-state index is -0.616. The molecule has 0 fully saturated rings. The normalized spacial score (nSPS) is 11.5. The van der Waals surface area contributed by atoms with E-state index in [-0.39, 0.29) is 11.8 Å². The molecular weight excluding hydrogens is 456 g/mol. The molecule has 0 aliphatic rings. The number of hydrogen-bond acceptors (Lipinski definition) is 4. The Morgan fingerprint density at radius 1 is 0.971 bits per heavy atom. The van der Waals surface area contributed by atoms with Crippen LogP contribution < -0.4 is 10.1 Å². The van der Waals surface area contributed by atoms with E-state index in [1.807, 2.05) is 73.7 Å². The van der Waals surface area contributed by atoms with E-state index in [1.165, 1.54) is 11.1 Å². The monoisotopic (exact) mass is 490 g/mol. The van der Waals surface area contributed by atoms with Crippen LogP contribution in [0.25, 0.3) is 0 Å². The smallest absolute Gasteiger partial charge is 0.243 e. The van der Waals surface area contributed by atoms with Crippen molar-refractivity contribution in [2.24, 2.45) is 0 Å². The van der Waals surface area contributed by atoms with Gasteiger partial charge in [-0.15, -0.1) is 11.8 Å². The molecule has 184 valence electrons. The van der Waals surface area contributed by atoms with Gasteiger partial charge in [-0.3, -0.25) is 9.59 Å². The number of nitrogens with zero attached hydrogens (tertiary/aromatic N) is 1. The topological polar surface area (TPSA) is 58.6 Å². The van der Waals surface area contributed by atoms with Crippen molar-refractivity contribution >= 4 is 23.6 Å². The van der Waals surface area contributed by atoms with E-state index in [9.17, 15) is 9.59 Å². The van der Waals surface area contributed by atoms with Crippen LogP contribution in [0.15, 0.2) is 78.9 Å². The third-order valence-electron chi connectivity index (χ3n) is 5.85. The fourth-order valence-corrected chi connectivity index (χ4v) is 4.90. The molecule has 1 unspecified atom stereocenters. The van der Waals surface area contributed by atoms with Crippen LogP contribution in [0, 0.1) is 6.92 Å². The first-order valence-corrected chi connectivity index (χ1v) is 13.0. The lowest BCUT2D eigenvalue weighted by Crippen LogP contribution is -2.51. The number of amides is 2. The molecule has 0 radical (unpaired) electrons. The van der Waals surface area contributed by atoms with E-state index in [1.54, 1.807) is 23.8 Å². The van der Waals surface area contributed by atoms with Crippen LogP contribution in [0.4, 0.5) is 0 Å². The maximum absolute atomic E-state index is 13.6. The van der Waals surface area contributed by atoms with Crippen LogP contribution in [0.3, 0.4) is 0 Å². The van der Waals surface area contributed by atoms with E-state index >= 15 is 0 Å². The third kappa shape index (κ3) is 7.89. The van der Waals surface area contributed by atoms with Crippen molar-refractivity contribution in [1.29, 1.82) is 0 Å². The number of rotatable bonds is 12. The number of aryl methyl sites for hydroxylation is 1. The molecule has 1 atom stereocenters. The van der Waals surface area contributed by atoms with E-state index in [0.29, 0.717) is 25.3 Å². The zero-order valence-corrected chi connectivity index (χ0v) is 21.5. The Morgan fingerprint density at radius 2 is 1.69 bits per heavy atom. The van der Waals surface area contributed by atoms with Gasteiger partial charge in [0.05, 0.1) is 12.9 Å². The highest BCUT2D eigenvalue weighted by molar-refractivity contribution is 7.99. The van der Waals surface area contributed by atoms with Gasteiger partial charge in [0.25, 0.3) is 0 Å². The van der Waals surface area contributed by atoms with Gasteiger partial charge in [-0.1, -0.05) is 66.7 Å². The molecule has 3 rings (SSSR count). The summed E-state index contributed by atoms with van der Waals surface area (Å²) in [6.07, 6.45) is 0.449. The average Bonchev–Trinajstić information content (AvgIpc) is 2.88. The van der Waals surface area contributed by atoms with Crippen LogP contribution >= 0.6 is 11.8 Å². The highest BCUT2D eigenvalue weighted by atomic mass is 32.2. The summed E-state index contributed by atoms with van der Waals surface area (Å²) in [5, 5.41) is 2.93. The van der Waals surface area contributed by atoms with Gasteiger partial charge in [0.15, 0.2) is 0 Å². The van der Waals surface area contributed by atoms with Crippen molar-refractivity contribution in [2.45, 2.75) is 38.6 Å². The van der Waals surface area contributed by atoms with E-state index < -0.39 is 6.04 Å². The molecule has 0 aliphatic carbocycles. The molecule has 3 aromatic carbocycles. The number of carbonyl (C=O) groups excluding carboxylic acids is 2. The van der Waals surface area contributed by atoms with Crippen molar-refractivity contribution in [2.75, 3.05) is 19.4 Å². The lowest BCUT2D eigenvalue weighted by Gasteiger charge is -2.31. The first-order chi connectivity index (χ1) is 17.0. The number of nitrogens with one attached hydrogen (secondary N) is 1. The zero-order chi connectivity index (χ0) is 25.0. The number of ether oxygens (including phenoxy) is 1. The van der Waals surface area contributed by atoms with E-state index in [0.717, 1.165) is 22.6 Å². The maximum Gasteiger partial charge on any atom is 0.243 e. The third-order valence-corrected chi connectivity index (χ3v) is 6.82. The predicted octanol–water partition coefficient (Wildman–Crippen LogP) is 5.01. The Labute approximate surface area is 212 Å². The molecule has 0 spiro atoms. The summed E-state index contributed by atoms with van der Waals surface area (Å²) in [5.41, 5.74) is 4.36. The largest absolute Gasteiger partial charge is 0.497 e. The molecule has 5 nitrogen and oxygen atoms in total. The van der Waals surface area contributed by atoms with Crippen molar-refractivity contribution in [3.05, 3.63) is 101 Å². The summed E-state index contributed by atoms with van der Waals surface area (Å²) in [7, 11) is 1.62. The summed E-state index contributed by atoms with van der Waals surface area (Å²) in [6, 6.07) is 25.1. The van der Waals surface area contributed by atoms with Crippen molar-refractivity contribution < 1.29 is 14.3 Å². The Balaban J connectivity index is 1.85. The summed E-state index contributed by atoms with van der Waals surface area (Å²) in [5.74, 6) is 1.57. The Hall–Kier alpha value is -3.25. The standard InChI is InChI=1S/C29H34N2O3S/c1-4-30-29(33)27(18-23-12-6-5-7-13-23)31(19-24-14-10-16-26(17-24)34-3)28(32)21-35-20-25-15-9-8-11-22(25)2/h5-17,27H,4,18-21H2,1-3H3,(H,30,33). The number of hydrogen-bond donors (Lipinski definition) is 1. The van der Waals surface area contributed by atoms with Gasteiger partial charge in [0, 0.05) is 25.3 Å². The first-order valence-electron chi connectivity index (χ1n) is 11.9. The minimum Gasteiger partial charge on any atom is -0.497 e. The maximum atomic E-state index is 13.6. The second-order valence-electron chi connectivity index (χ2n) is 8.39. The van der Waals surface area contributed by atoms with Gasteiger partial charge >= 0.3 is 0 Å². The fraction of sp³-hybridized carbons (Fsp3) is 0.310. The van der Waals surface area contributed by atoms with Crippen LogP contribution in [0.2, 0.25) is 0 Å². The van der Waals surface area contributed by atoms with Crippen molar-refractivity contribution in [3.63, 3.8) is 0 Å². The molecule has 2 amide bonds. The zero-order valence-electron chi connectivity index (χ0n) is 20.7. The van der Waals surface area contributed by atoms with Crippen LogP contribution in [0.5, 0.6) is 5.75 Å². The van der Waals surface area contributed by atoms with Crippen LogP contribution in [0.1, 0.15) is 29.2 Å². The fourth-order valence-electron chi connectivity index (χ4n) is 3.92. The van der Waals surface area contributed by atoms with E-state index in [2.05, 4.69) is 24.4 Å². The molecule has 0 bridgehead atoms. The molecule has 6 heteroatoms. The number of likely N-dealkylation sites (N-methyl/N-ethyl adjacent to an activating group) is 1. The molecule has 0 aromatic heterocycles. The van der Waals surface area contributed by atoms with Crippen molar-refractivity contribution in [3.8, 4) is 5.75 Å². The Bertz CT molecular complexity index is 1100. The van der Waals surface area contributed by atoms with Gasteiger partial charge in [-0.2, -0.15) is 0 Å². The number of carbonyl (C=O) groups is 2.